The van der Waals surface area contributed by atoms with Gasteiger partial charge >= 0.3 is 13.3 Å². The Balaban J connectivity index is 2.42. The van der Waals surface area contributed by atoms with Crippen LogP contribution in [0.25, 0.3) is 6.08 Å². The zero-order chi connectivity index (χ0) is 14.1. The molecule has 0 aliphatic rings. The molecule has 0 spiro atoms. The fourth-order valence-corrected chi connectivity index (χ4v) is 1.25. The lowest BCUT2D eigenvalue weighted by atomic mass is 10.2. The Kier molecular flexibility index (Phi) is 6.84. The van der Waals surface area contributed by atoms with Gasteiger partial charge in [-0.05, 0) is 11.6 Å². The van der Waals surface area contributed by atoms with E-state index < -0.39 is 26.0 Å². The molecule has 1 atom stereocenters. The highest BCUT2D eigenvalue weighted by Gasteiger charge is 2.16. The van der Waals surface area contributed by atoms with Crippen LogP contribution in [0, 0.1) is 0 Å². The number of rotatable bonds is 7. The van der Waals surface area contributed by atoms with Crippen molar-refractivity contribution in [3.05, 3.63) is 42.0 Å². The Morgan fingerprint density at radius 3 is 2.58 bits per heavy atom. The van der Waals surface area contributed by atoms with Gasteiger partial charge in [0.1, 0.15) is 6.10 Å². The lowest BCUT2D eigenvalue weighted by Crippen LogP contribution is -2.30. The number of carbonyl (C=O) groups is 1. The van der Waals surface area contributed by atoms with Crippen molar-refractivity contribution in [2.45, 2.75) is 6.10 Å². The molecule has 0 heterocycles. The van der Waals surface area contributed by atoms with E-state index in [1.165, 1.54) is 6.08 Å². The SMILES string of the molecule is O=C(C=Cc1ccccc1)OC(CO)COB(O)O. The lowest BCUT2D eigenvalue weighted by molar-refractivity contribution is -0.147. The quantitative estimate of drug-likeness (QED) is 0.353. The van der Waals surface area contributed by atoms with Gasteiger partial charge in [-0.2, -0.15) is 0 Å². The van der Waals surface area contributed by atoms with Gasteiger partial charge in [-0.3, -0.25) is 0 Å². The molecule has 0 radical (unpaired) electrons. The number of esters is 1. The molecular formula is C12H15BO6. The summed E-state index contributed by atoms with van der Waals surface area (Å²) in [5, 5.41) is 25.9. The Hall–Kier alpha value is -1.67. The van der Waals surface area contributed by atoms with E-state index in [-0.39, 0.29) is 6.61 Å². The predicted molar refractivity (Wildman–Crippen MR) is 68.6 cm³/mol. The highest BCUT2D eigenvalue weighted by atomic mass is 16.6. The van der Waals surface area contributed by atoms with Crippen LogP contribution in [-0.4, -0.2) is 47.8 Å². The second-order valence-electron chi connectivity index (χ2n) is 3.65. The second kappa shape index (κ2) is 8.44. The molecule has 1 aromatic rings. The second-order valence-corrected chi connectivity index (χ2v) is 3.65. The summed E-state index contributed by atoms with van der Waals surface area (Å²) < 4.78 is 9.26. The summed E-state index contributed by atoms with van der Waals surface area (Å²) >= 11 is 0. The average molecular weight is 266 g/mol. The molecule has 1 rings (SSSR count). The number of hydrogen-bond acceptors (Lipinski definition) is 6. The van der Waals surface area contributed by atoms with Crippen molar-refractivity contribution in [1.29, 1.82) is 0 Å². The Bertz CT molecular complexity index is 406. The number of benzene rings is 1. The van der Waals surface area contributed by atoms with E-state index in [1.54, 1.807) is 6.08 Å². The largest absolute Gasteiger partial charge is 0.634 e. The van der Waals surface area contributed by atoms with E-state index in [2.05, 4.69) is 4.65 Å². The maximum Gasteiger partial charge on any atom is 0.634 e. The minimum Gasteiger partial charge on any atom is -0.454 e. The first-order valence-electron chi connectivity index (χ1n) is 5.64. The van der Waals surface area contributed by atoms with Crippen LogP contribution in [0.2, 0.25) is 0 Å². The molecule has 3 N–H and O–H groups in total. The average Bonchev–Trinajstić information content (AvgIpc) is 2.42. The molecule has 0 aromatic heterocycles. The van der Waals surface area contributed by atoms with E-state index in [9.17, 15) is 4.79 Å². The van der Waals surface area contributed by atoms with Gasteiger partial charge in [-0.15, -0.1) is 0 Å². The van der Waals surface area contributed by atoms with Crippen molar-refractivity contribution < 1.29 is 29.3 Å². The molecule has 102 valence electrons. The Labute approximate surface area is 111 Å². The van der Waals surface area contributed by atoms with Crippen LogP contribution in [0.1, 0.15) is 5.56 Å². The van der Waals surface area contributed by atoms with Crippen molar-refractivity contribution in [2.75, 3.05) is 13.2 Å². The zero-order valence-corrected chi connectivity index (χ0v) is 10.2. The van der Waals surface area contributed by atoms with E-state index in [4.69, 9.17) is 19.9 Å². The molecule has 0 aliphatic carbocycles. The topological polar surface area (TPSA) is 96.2 Å². The molecule has 0 amide bonds. The first-order valence-corrected chi connectivity index (χ1v) is 5.64. The smallest absolute Gasteiger partial charge is 0.454 e. The fourth-order valence-electron chi connectivity index (χ4n) is 1.25. The molecular weight excluding hydrogens is 251 g/mol. The maximum atomic E-state index is 11.4. The van der Waals surface area contributed by atoms with E-state index >= 15 is 0 Å². The number of carbonyl (C=O) groups excluding carboxylic acids is 1. The van der Waals surface area contributed by atoms with E-state index in [0.29, 0.717) is 0 Å². The van der Waals surface area contributed by atoms with Crippen LogP contribution in [0.4, 0.5) is 0 Å². The van der Waals surface area contributed by atoms with Gasteiger partial charge in [0.05, 0.1) is 13.2 Å². The predicted octanol–water partition coefficient (Wildman–Crippen LogP) is -0.410. The van der Waals surface area contributed by atoms with E-state index in [0.717, 1.165) is 5.56 Å². The summed E-state index contributed by atoms with van der Waals surface area (Å²) in [6.45, 7) is -0.781. The molecule has 6 nitrogen and oxygen atoms in total. The lowest BCUT2D eigenvalue weighted by Gasteiger charge is -2.14. The monoisotopic (exact) mass is 266 g/mol. The summed E-state index contributed by atoms with van der Waals surface area (Å²) in [4.78, 5) is 11.4. The van der Waals surface area contributed by atoms with Gasteiger partial charge in [0, 0.05) is 6.08 Å². The van der Waals surface area contributed by atoms with Crippen LogP contribution in [0.5, 0.6) is 0 Å². The number of aliphatic hydroxyl groups is 1. The molecule has 7 heteroatoms. The zero-order valence-electron chi connectivity index (χ0n) is 10.2. The number of ether oxygens (including phenoxy) is 1. The van der Waals surface area contributed by atoms with Crippen LogP contribution < -0.4 is 0 Å². The van der Waals surface area contributed by atoms with Gasteiger partial charge in [0.25, 0.3) is 0 Å². The Morgan fingerprint density at radius 1 is 1.32 bits per heavy atom. The third-order valence-corrected chi connectivity index (χ3v) is 2.13. The van der Waals surface area contributed by atoms with Crippen molar-refractivity contribution in [1.82, 2.24) is 0 Å². The van der Waals surface area contributed by atoms with Gasteiger partial charge in [0.2, 0.25) is 0 Å². The minimum absolute atomic E-state index is 0.306. The number of hydrogen-bond donors (Lipinski definition) is 3. The molecule has 0 fully saturated rings. The van der Waals surface area contributed by atoms with Crippen molar-refractivity contribution in [3.8, 4) is 0 Å². The summed E-state index contributed by atoms with van der Waals surface area (Å²) in [5.41, 5.74) is 0.835. The molecule has 0 saturated carbocycles. The van der Waals surface area contributed by atoms with Crippen LogP contribution >= 0.6 is 0 Å². The summed E-state index contributed by atoms with van der Waals surface area (Å²) in [7, 11) is -1.97. The summed E-state index contributed by atoms with van der Waals surface area (Å²) in [6.07, 6.45) is 1.83. The van der Waals surface area contributed by atoms with Gasteiger partial charge in [-0.25, -0.2) is 4.79 Å². The molecule has 0 aliphatic heterocycles. The highest BCUT2D eigenvalue weighted by Crippen LogP contribution is 2.02. The van der Waals surface area contributed by atoms with Crippen LogP contribution in [0.3, 0.4) is 0 Å². The first kappa shape index (κ1) is 15.4. The summed E-state index contributed by atoms with van der Waals surface area (Å²) in [5.74, 6) is -0.654. The third-order valence-electron chi connectivity index (χ3n) is 2.13. The van der Waals surface area contributed by atoms with Gasteiger partial charge < -0.3 is 24.5 Å². The Morgan fingerprint density at radius 2 is 2.00 bits per heavy atom. The number of aliphatic hydroxyl groups excluding tert-OH is 1. The minimum atomic E-state index is -1.97. The van der Waals surface area contributed by atoms with Crippen LogP contribution in [0.15, 0.2) is 36.4 Å². The van der Waals surface area contributed by atoms with Crippen molar-refractivity contribution in [3.63, 3.8) is 0 Å². The first-order chi connectivity index (χ1) is 9.11. The standard InChI is InChI=1S/C12H15BO6/c14-8-11(9-18-13(16)17)19-12(15)7-6-10-4-2-1-3-5-10/h1-7,11,14,16-17H,8-9H2. The van der Waals surface area contributed by atoms with Gasteiger partial charge in [0.15, 0.2) is 0 Å². The third kappa shape index (κ3) is 6.73. The normalized spacial score (nSPS) is 12.4. The fraction of sp³-hybridized carbons (Fsp3) is 0.250. The molecule has 0 saturated heterocycles. The molecule has 1 aromatic carbocycles. The van der Waals surface area contributed by atoms with Crippen molar-refractivity contribution >= 4 is 19.4 Å². The molecule has 1 unspecified atom stereocenters. The summed E-state index contributed by atoms with van der Waals surface area (Å²) in [6, 6.07) is 9.15. The molecule has 19 heavy (non-hydrogen) atoms. The van der Waals surface area contributed by atoms with Crippen LogP contribution in [-0.2, 0) is 14.2 Å². The van der Waals surface area contributed by atoms with E-state index in [1.807, 2.05) is 30.3 Å². The van der Waals surface area contributed by atoms with Gasteiger partial charge in [-0.1, -0.05) is 30.3 Å². The maximum absolute atomic E-state index is 11.4. The van der Waals surface area contributed by atoms with Crippen molar-refractivity contribution in [2.24, 2.45) is 0 Å². The highest BCUT2D eigenvalue weighted by molar-refractivity contribution is 6.32. The molecule has 0 bridgehead atoms.